The number of methoxy groups -OCH3 is 1. The van der Waals surface area contributed by atoms with Crippen LogP contribution < -0.4 is 20.9 Å². The Kier molecular flexibility index (Phi) is 2.67. The molecule has 7 heteroatoms. The Morgan fingerprint density at radius 2 is 2.20 bits per heavy atom. The van der Waals surface area contributed by atoms with Gasteiger partial charge in [0.25, 0.3) is 11.5 Å². The van der Waals surface area contributed by atoms with Crippen LogP contribution in [0.15, 0.2) is 23.1 Å². The third-order valence-electron chi connectivity index (χ3n) is 3.23. The summed E-state index contributed by atoms with van der Waals surface area (Å²) in [7, 11) is 3.07. The van der Waals surface area contributed by atoms with E-state index in [9.17, 15) is 9.59 Å². The van der Waals surface area contributed by atoms with Gasteiger partial charge in [-0.2, -0.15) is 5.10 Å². The second-order valence-electron chi connectivity index (χ2n) is 4.25. The molecule has 2 aromatic rings. The topological polar surface area (TPSA) is 96.1 Å². The number of H-pyrrole nitrogens is 1. The number of likely N-dealkylation sites (N-methyl/N-ethyl adjacent to an activating group) is 1. The van der Waals surface area contributed by atoms with Crippen LogP contribution in [0.5, 0.6) is 5.75 Å². The molecule has 0 spiro atoms. The smallest absolute Gasteiger partial charge is 0.272 e. The zero-order chi connectivity index (χ0) is 14.3. The van der Waals surface area contributed by atoms with Crippen molar-refractivity contribution in [1.82, 2.24) is 15.5 Å². The predicted octanol–water partition coefficient (Wildman–Crippen LogP) is 0.444. The third kappa shape index (κ3) is 1.56. The van der Waals surface area contributed by atoms with Gasteiger partial charge in [-0.15, -0.1) is 0 Å². The molecule has 2 heterocycles. The summed E-state index contributed by atoms with van der Waals surface area (Å²) in [6, 6.07) is 3.35. The molecule has 0 atom stereocenters. The number of carbonyl (C=O) groups is 1. The van der Waals surface area contributed by atoms with Crippen molar-refractivity contribution in [3.63, 3.8) is 0 Å². The fraction of sp³-hybridized carbons (Fsp3) is 0.154. The zero-order valence-electron chi connectivity index (χ0n) is 10.9. The van der Waals surface area contributed by atoms with Crippen molar-refractivity contribution in [2.45, 2.75) is 0 Å². The van der Waals surface area contributed by atoms with Crippen molar-refractivity contribution in [3.05, 3.63) is 34.4 Å². The molecule has 1 aliphatic heterocycles. The highest BCUT2D eigenvalue weighted by Crippen LogP contribution is 2.38. The minimum atomic E-state index is -0.312. The molecule has 1 aromatic carbocycles. The van der Waals surface area contributed by atoms with Gasteiger partial charge in [0.2, 0.25) is 0 Å². The van der Waals surface area contributed by atoms with E-state index in [1.807, 2.05) is 0 Å². The average molecular weight is 272 g/mol. The number of amides is 1. The van der Waals surface area contributed by atoms with Crippen LogP contribution in [0.2, 0.25) is 0 Å². The first kappa shape index (κ1) is 12.2. The summed E-state index contributed by atoms with van der Waals surface area (Å²) < 4.78 is 5.26. The van der Waals surface area contributed by atoms with Crippen LogP contribution in [0.25, 0.3) is 16.3 Å². The fourth-order valence-electron chi connectivity index (χ4n) is 2.27. The van der Waals surface area contributed by atoms with Gasteiger partial charge in [-0.25, -0.2) is 5.10 Å². The van der Waals surface area contributed by atoms with Gasteiger partial charge < -0.3 is 15.4 Å². The Morgan fingerprint density at radius 3 is 2.90 bits per heavy atom. The van der Waals surface area contributed by atoms with Crippen LogP contribution >= 0.6 is 0 Å². The first-order chi connectivity index (χ1) is 9.67. The number of aromatic amines is 1. The van der Waals surface area contributed by atoms with E-state index in [0.29, 0.717) is 33.5 Å². The zero-order valence-corrected chi connectivity index (χ0v) is 10.9. The number of hydrogen-bond acceptors (Lipinski definition) is 5. The van der Waals surface area contributed by atoms with Crippen LogP contribution in [0.1, 0.15) is 5.69 Å². The fourth-order valence-corrected chi connectivity index (χ4v) is 2.27. The first-order valence-corrected chi connectivity index (χ1v) is 5.96. The number of rotatable bonds is 2. The lowest BCUT2D eigenvalue weighted by molar-refractivity contribution is -0.115. The summed E-state index contributed by atoms with van der Waals surface area (Å²) in [4.78, 5) is 23.7. The lowest BCUT2D eigenvalue weighted by Gasteiger charge is -2.19. The van der Waals surface area contributed by atoms with Gasteiger partial charge in [0.05, 0.1) is 23.8 Å². The van der Waals surface area contributed by atoms with Crippen molar-refractivity contribution < 1.29 is 9.53 Å². The van der Waals surface area contributed by atoms with Crippen LogP contribution in [-0.4, -0.2) is 30.3 Å². The monoisotopic (exact) mass is 272 g/mol. The molecule has 0 unspecified atom stereocenters. The highest BCUT2D eigenvalue weighted by Gasteiger charge is 2.24. The maximum Gasteiger partial charge on any atom is 0.272 e. The van der Waals surface area contributed by atoms with E-state index in [1.54, 1.807) is 18.3 Å². The minimum Gasteiger partial charge on any atom is -0.495 e. The van der Waals surface area contributed by atoms with Gasteiger partial charge in [0.1, 0.15) is 11.4 Å². The summed E-state index contributed by atoms with van der Waals surface area (Å²) >= 11 is 0. The van der Waals surface area contributed by atoms with Crippen molar-refractivity contribution >= 4 is 27.9 Å². The predicted molar refractivity (Wildman–Crippen MR) is 74.6 cm³/mol. The summed E-state index contributed by atoms with van der Waals surface area (Å²) in [6.45, 7) is 0. The van der Waals surface area contributed by atoms with E-state index >= 15 is 0 Å². The summed E-state index contributed by atoms with van der Waals surface area (Å²) in [6.07, 6.45) is 1.55. The van der Waals surface area contributed by atoms with Crippen molar-refractivity contribution in [2.24, 2.45) is 0 Å². The molecular formula is C13H12N4O3. The molecule has 1 aromatic heterocycles. The molecule has 3 N–H and O–H groups in total. The molecule has 1 aliphatic rings. The van der Waals surface area contributed by atoms with E-state index in [0.717, 1.165) is 0 Å². The number of carbonyl (C=O) groups excluding carboxylic acids is 1. The summed E-state index contributed by atoms with van der Waals surface area (Å²) in [5.74, 6) is 0.296. The molecule has 0 saturated heterocycles. The molecule has 0 bridgehead atoms. The van der Waals surface area contributed by atoms with Gasteiger partial charge in [-0.3, -0.25) is 9.59 Å². The summed E-state index contributed by atoms with van der Waals surface area (Å²) in [5, 5.41) is 13.0. The van der Waals surface area contributed by atoms with E-state index in [4.69, 9.17) is 4.74 Å². The quantitative estimate of drug-likeness (QED) is 0.737. The Morgan fingerprint density at radius 1 is 1.40 bits per heavy atom. The third-order valence-corrected chi connectivity index (χ3v) is 3.23. The summed E-state index contributed by atoms with van der Waals surface area (Å²) in [5.41, 5.74) is 1.10. The lowest BCUT2D eigenvalue weighted by atomic mass is 10.0. The van der Waals surface area contributed by atoms with E-state index in [1.165, 1.54) is 14.2 Å². The normalized spacial score (nSPS) is 12.6. The highest BCUT2D eigenvalue weighted by atomic mass is 16.5. The standard InChI is InChI=1S/C13H12N4O3/c1-14-12(18)7-5-15-11-8(20-2)4-3-6-9(11)10(7)16-17-13(6)19/h3-5,15H,1-2H3,(H,14,18)(H,17,19). The van der Waals surface area contributed by atoms with Gasteiger partial charge >= 0.3 is 0 Å². The largest absolute Gasteiger partial charge is 0.495 e. The Bertz CT molecular complexity index is 807. The molecule has 0 radical (unpaired) electrons. The van der Waals surface area contributed by atoms with Crippen molar-refractivity contribution in [2.75, 3.05) is 19.5 Å². The van der Waals surface area contributed by atoms with E-state index < -0.39 is 0 Å². The molecule has 0 saturated carbocycles. The molecule has 3 rings (SSSR count). The van der Waals surface area contributed by atoms with Crippen LogP contribution in [0, 0.1) is 0 Å². The molecule has 0 aliphatic carbocycles. The molecule has 7 nitrogen and oxygen atoms in total. The number of benzene rings is 1. The van der Waals surface area contributed by atoms with Crippen molar-refractivity contribution in [1.29, 1.82) is 0 Å². The van der Waals surface area contributed by atoms with Gasteiger partial charge in [-0.1, -0.05) is 0 Å². The molecule has 0 fully saturated rings. The van der Waals surface area contributed by atoms with Gasteiger partial charge in [-0.05, 0) is 12.1 Å². The van der Waals surface area contributed by atoms with E-state index in [-0.39, 0.29) is 11.5 Å². The molecule has 1 amide bonds. The molecular weight excluding hydrogens is 260 g/mol. The van der Waals surface area contributed by atoms with Gasteiger partial charge in [0, 0.05) is 18.6 Å². The number of aromatic nitrogens is 2. The Labute approximate surface area is 113 Å². The number of anilines is 1. The molecule has 20 heavy (non-hydrogen) atoms. The number of hydrogen-bond donors (Lipinski definition) is 3. The maximum atomic E-state index is 11.9. The number of nitrogens with zero attached hydrogens (tertiary/aromatic N) is 1. The first-order valence-electron chi connectivity index (χ1n) is 5.96. The highest BCUT2D eigenvalue weighted by molar-refractivity contribution is 6.25. The average Bonchev–Trinajstić information content (AvgIpc) is 2.49. The van der Waals surface area contributed by atoms with Crippen molar-refractivity contribution in [3.8, 4) is 5.75 Å². The van der Waals surface area contributed by atoms with Gasteiger partial charge in [0.15, 0.2) is 0 Å². The SMILES string of the molecule is CNC(=O)C1=CNc2c(OC)ccc3c(=O)[nH]nc1c23. The minimum absolute atomic E-state index is 0.285. The van der Waals surface area contributed by atoms with Crippen LogP contribution in [-0.2, 0) is 4.79 Å². The second-order valence-corrected chi connectivity index (χ2v) is 4.25. The second kappa shape index (κ2) is 4.37. The lowest BCUT2D eigenvalue weighted by Crippen LogP contribution is -2.24. The van der Waals surface area contributed by atoms with Crippen LogP contribution in [0.3, 0.4) is 0 Å². The molecule has 102 valence electrons. The Hall–Kier alpha value is -2.83. The van der Waals surface area contributed by atoms with Crippen LogP contribution in [0.4, 0.5) is 5.69 Å². The van der Waals surface area contributed by atoms with E-state index in [2.05, 4.69) is 20.8 Å². The maximum absolute atomic E-state index is 11.9. The number of nitrogens with one attached hydrogen (secondary N) is 3. The number of ether oxygens (including phenoxy) is 1. The Balaban J connectivity index is 2.40.